The highest BCUT2D eigenvalue weighted by Gasteiger charge is 2.01. The van der Waals surface area contributed by atoms with Crippen molar-refractivity contribution in [2.45, 2.75) is 6.92 Å². The number of ether oxygens (including phenoxy) is 1. The van der Waals surface area contributed by atoms with Gasteiger partial charge >= 0.3 is 0 Å². The molecule has 0 fully saturated rings. The molecule has 0 heterocycles. The molecule has 0 aliphatic rings. The third-order valence-electron chi connectivity index (χ3n) is 2.63. The molecule has 0 bridgehead atoms. The number of nitrogen functional groups attached to an aromatic ring is 1. The zero-order chi connectivity index (χ0) is 13.7. The Morgan fingerprint density at radius 1 is 1.16 bits per heavy atom. The molecule has 2 aromatic rings. The lowest BCUT2D eigenvalue weighted by Crippen LogP contribution is -1.95. The molecule has 2 aromatic carbocycles. The largest absolute Gasteiger partial charge is 0.494 e. The van der Waals surface area contributed by atoms with E-state index in [0.29, 0.717) is 17.9 Å². The Bertz CT molecular complexity index is 600. The van der Waals surface area contributed by atoms with E-state index in [1.54, 1.807) is 12.1 Å². The van der Waals surface area contributed by atoms with Crippen molar-refractivity contribution >= 4 is 17.1 Å². The highest BCUT2D eigenvalue weighted by Crippen LogP contribution is 2.22. The molecule has 96 valence electrons. The molecule has 3 N–H and O–H groups in total. The third-order valence-corrected chi connectivity index (χ3v) is 2.63. The van der Waals surface area contributed by atoms with Crippen molar-refractivity contribution in [2.75, 3.05) is 17.7 Å². The summed E-state index contributed by atoms with van der Waals surface area (Å²) in [7, 11) is 0. The zero-order valence-electron chi connectivity index (χ0n) is 10.7. The van der Waals surface area contributed by atoms with E-state index in [0.717, 1.165) is 17.1 Å². The van der Waals surface area contributed by atoms with Gasteiger partial charge in [-0.05, 0) is 49.4 Å². The van der Waals surface area contributed by atoms with Gasteiger partial charge in [0.25, 0.3) is 0 Å². The van der Waals surface area contributed by atoms with Gasteiger partial charge in [-0.25, -0.2) is 0 Å². The fraction of sp³-hybridized carbons (Fsp3) is 0.133. The maximum absolute atomic E-state index is 8.93. The Hall–Kier alpha value is -2.67. The number of nitrogens with one attached hydrogen (secondary N) is 1. The molecule has 0 saturated carbocycles. The number of anilines is 3. The van der Waals surface area contributed by atoms with Crippen LogP contribution >= 0.6 is 0 Å². The van der Waals surface area contributed by atoms with Crippen LogP contribution in [0.3, 0.4) is 0 Å². The summed E-state index contributed by atoms with van der Waals surface area (Å²) in [5, 5.41) is 12.1. The second kappa shape index (κ2) is 5.78. The molecule has 0 amide bonds. The van der Waals surface area contributed by atoms with Gasteiger partial charge < -0.3 is 15.8 Å². The van der Waals surface area contributed by atoms with Gasteiger partial charge in [-0.15, -0.1) is 0 Å². The molecule has 0 aromatic heterocycles. The second-order valence-corrected chi connectivity index (χ2v) is 4.00. The minimum absolute atomic E-state index is 0.468. The first kappa shape index (κ1) is 12.8. The summed E-state index contributed by atoms with van der Waals surface area (Å²) < 4.78 is 5.38. The lowest BCUT2D eigenvalue weighted by Gasteiger charge is -2.09. The molecule has 2 rings (SSSR count). The summed E-state index contributed by atoms with van der Waals surface area (Å²) >= 11 is 0. The van der Waals surface area contributed by atoms with Gasteiger partial charge in [-0.1, -0.05) is 0 Å². The Morgan fingerprint density at radius 3 is 2.47 bits per heavy atom. The molecule has 4 nitrogen and oxygen atoms in total. The first-order valence-corrected chi connectivity index (χ1v) is 6.02. The summed E-state index contributed by atoms with van der Waals surface area (Å²) in [5.41, 5.74) is 8.39. The fourth-order valence-corrected chi connectivity index (χ4v) is 1.70. The number of hydrogen-bond acceptors (Lipinski definition) is 4. The summed E-state index contributed by atoms with van der Waals surface area (Å²) in [6.07, 6.45) is 0. The molecular weight excluding hydrogens is 238 g/mol. The maximum Gasteiger partial charge on any atom is 0.119 e. The Morgan fingerprint density at radius 2 is 1.84 bits per heavy atom. The van der Waals surface area contributed by atoms with Crippen LogP contribution in [0.1, 0.15) is 12.5 Å². The predicted molar refractivity (Wildman–Crippen MR) is 76.5 cm³/mol. The first-order chi connectivity index (χ1) is 9.22. The third kappa shape index (κ3) is 3.17. The summed E-state index contributed by atoms with van der Waals surface area (Å²) in [4.78, 5) is 0. The molecule has 0 aliphatic carbocycles. The van der Waals surface area contributed by atoms with E-state index in [9.17, 15) is 0 Å². The predicted octanol–water partition coefficient (Wildman–Crippen LogP) is 3.28. The van der Waals surface area contributed by atoms with Crippen LogP contribution < -0.4 is 15.8 Å². The van der Waals surface area contributed by atoms with E-state index < -0.39 is 0 Å². The number of nitriles is 1. The van der Waals surface area contributed by atoms with Crippen molar-refractivity contribution in [2.24, 2.45) is 0 Å². The van der Waals surface area contributed by atoms with E-state index in [4.69, 9.17) is 15.7 Å². The number of nitrogens with zero attached hydrogens (tertiary/aromatic N) is 1. The Balaban J connectivity index is 2.15. The fourth-order valence-electron chi connectivity index (χ4n) is 1.70. The standard InChI is InChI=1S/C15H15N3O/c1-2-19-14-6-3-12(4-7-14)18-13-5-8-15(17)11(9-13)10-16/h3-9,18H,2,17H2,1H3. The molecule has 0 saturated heterocycles. The molecule has 4 heteroatoms. The monoisotopic (exact) mass is 253 g/mol. The molecule has 0 unspecified atom stereocenters. The second-order valence-electron chi connectivity index (χ2n) is 4.00. The molecular formula is C15H15N3O. The van der Waals surface area contributed by atoms with E-state index >= 15 is 0 Å². The Labute approximate surface area is 112 Å². The molecule has 0 spiro atoms. The summed E-state index contributed by atoms with van der Waals surface area (Å²) in [5.74, 6) is 0.836. The van der Waals surface area contributed by atoms with Crippen LogP contribution in [0.25, 0.3) is 0 Å². The van der Waals surface area contributed by atoms with Gasteiger partial charge in [-0.3, -0.25) is 0 Å². The minimum Gasteiger partial charge on any atom is -0.494 e. The maximum atomic E-state index is 8.93. The highest BCUT2D eigenvalue weighted by atomic mass is 16.5. The number of hydrogen-bond donors (Lipinski definition) is 2. The van der Waals surface area contributed by atoms with E-state index in [2.05, 4.69) is 11.4 Å². The molecule has 0 aliphatic heterocycles. The molecule has 0 radical (unpaired) electrons. The van der Waals surface area contributed by atoms with Crippen molar-refractivity contribution in [1.29, 1.82) is 5.26 Å². The van der Waals surface area contributed by atoms with Gasteiger partial charge in [0.05, 0.1) is 12.2 Å². The van der Waals surface area contributed by atoms with Crippen molar-refractivity contribution < 1.29 is 4.74 Å². The van der Waals surface area contributed by atoms with Crippen LogP contribution in [0.5, 0.6) is 5.75 Å². The minimum atomic E-state index is 0.468. The summed E-state index contributed by atoms with van der Waals surface area (Å²) in [6.45, 7) is 2.60. The van der Waals surface area contributed by atoms with Crippen molar-refractivity contribution in [3.8, 4) is 11.8 Å². The number of rotatable bonds is 4. The number of benzene rings is 2. The van der Waals surface area contributed by atoms with Crippen LogP contribution in [0.15, 0.2) is 42.5 Å². The van der Waals surface area contributed by atoms with E-state index in [-0.39, 0.29) is 0 Å². The van der Waals surface area contributed by atoms with Crippen molar-refractivity contribution in [3.63, 3.8) is 0 Å². The number of nitrogens with two attached hydrogens (primary N) is 1. The van der Waals surface area contributed by atoms with Crippen LogP contribution in [0.4, 0.5) is 17.1 Å². The van der Waals surface area contributed by atoms with Gasteiger partial charge in [0.1, 0.15) is 11.8 Å². The van der Waals surface area contributed by atoms with Crippen LogP contribution in [-0.4, -0.2) is 6.61 Å². The van der Waals surface area contributed by atoms with Crippen LogP contribution in [0.2, 0.25) is 0 Å². The smallest absolute Gasteiger partial charge is 0.119 e. The SMILES string of the molecule is CCOc1ccc(Nc2ccc(N)c(C#N)c2)cc1. The zero-order valence-corrected chi connectivity index (χ0v) is 10.7. The lowest BCUT2D eigenvalue weighted by molar-refractivity contribution is 0.340. The van der Waals surface area contributed by atoms with Crippen molar-refractivity contribution in [1.82, 2.24) is 0 Å². The van der Waals surface area contributed by atoms with Gasteiger partial charge in [-0.2, -0.15) is 5.26 Å². The van der Waals surface area contributed by atoms with Crippen molar-refractivity contribution in [3.05, 3.63) is 48.0 Å². The van der Waals surface area contributed by atoms with Gasteiger partial charge in [0.15, 0.2) is 0 Å². The molecule has 0 atom stereocenters. The molecule has 19 heavy (non-hydrogen) atoms. The van der Waals surface area contributed by atoms with Crippen LogP contribution in [-0.2, 0) is 0 Å². The summed E-state index contributed by atoms with van der Waals surface area (Å²) in [6, 6.07) is 15.0. The average molecular weight is 253 g/mol. The average Bonchev–Trinajstić information content (AvgIpc) is 2.43. The Kier molecular flexibility index (Phi) is 3.89. The first-order valence-electron chi connectivity index (χ1n) is 6.02. The van der Waals surface area contributed by atoms with Crippen LogP contribution in [0, 0.1) is 11.3 Å². The normalized spacial score (nSPS) is 9.68. The highest BCUT2D eigenvalue weighted by molar-refractivity contribution is 5.67. The lowest BCUT2D eigenvalue weighted by atomic mass is 10.1. The van der Waals surface area contributed by atoms with Gasteiger partial charge in [0.2, 0.25) is 0 Å². The topological polar surface area (TPSA) is 71.1 Å². The van der Waals surface area contributed by atoms with E-state index in [1.807, 2.05) is 37.3 Å². The quantitative estimate of drug-likeness (QED) is 0.820. The van der Waals surface area contributed by atoms with Gasteiger partial charge in [0, 0.05) is 17.1 Å². The van der Waals surface area contributed by atoms with E-state index in [1.165, 1.54) is 0 Å².